The van der Waals surface area contributed by atoms with Crippen LogP contribution in [-0.2, 0) is 0 Å². The Hall–Kier alpha value is -1.25. The maximum Gasteiger partial charge on any atom is 0.125 e. The fraction of sp³-hybridized carbons (Fsp3) is 0.571. The Labute approximate surface area is 102 Å². The standard InChI is InChI=1S/C14H21FN2/c1-2-10-3-6-12(7-4-10)17-14-8-5-11(15)9-13(14)16/h5,8-10,12,17H,2-4,6-7,16H2,1H3. The van der Waals surface area contributed by atoms with Crippen LogP contribution in [0.5, 0.6) is 0 Å². The van der Waals surface area contributed by atoms with Crippen molar-refractivity contribution in [3.05, 3.63) is 24.0 Å². The molecule has 17 heavy (non-hydrogen) atoms. The van der Waals surface area contributed by atoms with Crippen molar-refractivity contribution in [3.63, 3.8) is 0 Å². The predicted octanol–water partition coefficient (Wildman–Crippen LogP) is 3.79. The van der Waals surface area contributed by atoms with E-state index in [4.69, 9.17) is 5.73 Å². The molecule has 0 amide bonds. The van der Waals surface area contributed by atoms with Crippen LogP contribution < -0.4 is 11.1 Å². The SMILES string of the molecule is CCC1CCC(Nc2ccc(F)cc2N)CC1. The summed E-state index contributed by atoms with van der Waals surface area (Å²) in [6.07, 6.45) is 6.24. The first-order chi connectivity index (χ1) is 8.19. The van der Waals surface area contributed by atoms with E-state index in [1.807, 2.05) is 0 Å². The molecular weight excluding hydrogens is 215 g/mol. The Balaban J connectivity index is 1.93. The molecule has 0 aliphatic heterocycles. The van der Waals surface area contributed by atoms with Gasteiger partial charge in [0.15, 0.2) is 0 Å². The lowest BCUT2D eigenvalue weighted by Gasteiger charge is -2.29. The molecule has 2 rings (SSSR count). The monoisotopic (exact) mass is 236 g/mol. The van der Waals surface area contributed by atoms with Crippen molar-refractivity contribution >= 4 is 11.4 Å². The van der Waals surface area contributed by atoms with Crippen LogP contribution in [0.15, 0.2) is 18.2 Å². The first-order valence-electron chi connectivity index (χ1n) is 6.50. The third kappa shape index (κ3) is 3.11. The molecule has 1 aliphatic rings. The van der Waals surface area contributed by atoms with Gasteiger partial charge < -0.3 is 11.1 Å². The molecule has 0 bridgehead atoms. The molecule has 94 valence electrons. The van der Waals surface area contributed by atoms with Crippen molar-refractivity contribution in [2.75, 3.05) is 11.1 Å². The van der Waals surface area contributed by atoms with E-state index in [2.05, 4.69) is 12.2 Å². The number of benzene rings is 1. The summed E-state index contributed by atoms with van der Waals surface area (Å²) < 4.78 is 12.9. The van der Waals surface area contributed by atoms with E-state index in [1.54, 1.807) is 6.07 Å². The number of anilines is 2. The van der Waals surface area contributed by atoms with Gasteiger partial charge in [0.25, 0.3) is 0 Å². The smallest absolute Gasteiger partial charge is 0.125 e. The molecule has 0 heterocycles. The largest absolute Gasteiger partial charge is 0.397 e. The minimum absolute atomic E-state index is 0.275. The average Bonchev–Trinajstić information content (AvgIpc) is 2.34. The van der Waals surface area contributed by atoms with Gasteiger partial charge in [-0.05, 0) is 49.8 Å². The average molecular weight is 236 g/mol. The van der Waals surface area contributed by atoms with Crippen molar-refractivity contribution in [1.29, 1.82) is 0 Å². The van der Waals surface area contributed by atoms with Crippen LogP contribution in [0, 0.1) is 11.7 Å². The third-order valence-electron chi connectivity index (χ3n) is 3.80. The van der Waals surface area contributed by atoms with E-state index >= 15 is 0 Å². The summed E-state index contributed by atoms with van der Waals surface area (Å²) in [5.74, 6) is 0.612. The highest BCUT2D eigenvalue weighted by Gasteiger charge is 2.20. The normalized spacial score (nSPS) is 24.6. The molecule has 1 saturated carbocycles. The highest BCUT2D eigenvalue weighted by molar-refractivity contribution is 5.66. The zero-order valence-electron chi connectivity index (χ0n) is 10.4. The second-order valence-corrected chi connectivity index (χ2v) is 5.00. The van der Waals surface area contributed by atoms with Crippen molar-refractivity contribution < 1.29 is 4.39 Å². The number of halogens is 1. The summed E-state index contributed by atoms with van der Waals surface area (Å²) >= 11 is 0. The fourth-order valence-electron chi connectivity index (χ4n) is 2.60. The fourth-order valence-corrected chi connectivity index (χ4v) is 2.60. The lowest BCUT2D eigenvalue weighted by Crippen LogP contribution is -2.26. The number of nitrogen functional groups attached to an aromatic ring is 1. The summed E-state index contributed by atoms with van der Waals surface area (Å²) in [4.78, 5) is 0. The Morgan fingerprint density at radius 3 is 2.59 bits per heavy atom. The van der Waals surface area contributed by atoms with Gasteiger partial charge in [0.05, 0.1) is 11.4 Å². The first-order valence-corrected chi connectivity index (χ1v) is 6.50. The minimum Gasteiger partial charge on any atom is -0.397 e. The zero-order chi connectivity index (χ0) is 12.3. The van der Waals surface area contributed by atoms with Crippen LogP contribution in [0.25, 0.3) is 0 Å². The third-order valence-corrected chi connectivity index (χ3v) is 3.80. The van der Waals surface area contributed by atoms with Crippen molar-refractivity contribution in [2.24, 2.45) is 5.92 Å². The van der Waals surface area contributed by atoms with Gasteiger partial charge in [0.2, 0.25) is 0 Å². The van der Waals surface area contributed by atoms with E-state index in [-0.39, 0.29) is 5.82 Å². The second kappa shape index (κ2) is 5.39. The molecule has 1 aliphatic carbocycles. The van der Waals surface area contributed by atoms with E-state index in [9.17, 15) is 4.39 Å². The van der Waals surface area contributed by atoms with Gasteiger partial charge in [0.1, 0.15) is 5.82 Å². The first kappa shape index (κ1) is 12.2. The summed E-state index contributed by atoms with van der Waals surface area (Å²) in [5, 5.41) is 3.43. The molecule has 3 heteroatoms. The number of rotatable bonds is 3. The predicted molar refractivity (Wildman–Crippen MR) is 70.5 cm³/mol. The maximum absolute atomic E-state index is 12.9. The van der Waals surface area contributed by atoms with Gasteiger partial charge in [-0.3, -0.25) is 0 Å². The molecule has 2 nitrogen and oxygen atoms in total. The topological polar surface area (TPSA) is 38.0 Å². The van der Waals surface area contributed by atoms with Gasteiger partial charge in [-0.25, -0.2) is 4.39 Å². The lowest BCUT2D eigenvalue weighted by atomic mass is 9.84. The van der Waals surface area contributed by atoms with Gasteiger partial charge in [-0.1, -0.05) is 13.3 Å². The Morgan fingerprint density at radius 2 is 2.00 bits per heavy atom. The zero-order valence-corrected chi connectivity index (χ0v) is 10.4. The van der Waals surface area contributed by atoms with Crippen LogP contribution in [-0.4, -0.2) is 6.04 Å². The molecule has 1 aromatic rings. The molecule has 0 aromatic heterocycles. The summed E-state index contributed by atoms with van der Waals surface area (Å²) in [7, 11) is 0. The second-order valence-electron chi connectivity index (χ2n) is 5.00. The van der Waals surface area contributed by atoms with Crippen molar-refractivity contribution in [2.45, 2.75) is 45.1 Å². The molecule has 0 saturated heterocycles. The minimum atomic E-state index is -0.275. The molecule has 3 N–H and O–H groups in total. The number of nitrogens with one attached hydrogen (secondary N) is 1. The summed E-state index contributed by atoms with van der Waals surface area (Å²) in [6.45, 7) is 2.26. The van der Waals surface area contributed by atoms with Crippen LogP contribution >= 0.6 is 0 Å². The van der Waals surface area contributed by atoms with Gasteiger partial charge >= 0.3 is 0 Å². The van der Waals surface area contributed by atoms with Crippen LogP contribution in [0.4, 0.5) is 15.8 Å². The number of nitrogens with two attached hydrogens (primary N) is 1. The van der Waals surface area contributed by atoms with Gasteiger partial charge in [-0.2, -0.15) is 0 Å². The van der Waals surface area contributed by atoms with E-state index in [1.165, 1.54) is 44.2 Å². The Morgan fingerprint density at radius 1 is 1.29 bits per heavy atom. The van der Waals surface area contributed by atoms with Gasteiger partial charge in [-0.15, -0.1) is 0 Å². The van der Waals surface area contributed by atoms with Crippen LogP contribution in [0.1, 0.15) is 39.0 Å². The van der Waals surface area contributed by atoms with Crippen molar-refractivity contribution in [1.82, 2.24) is 0 Å². The maximum atomic E-state index is 12.9. The number of hydrogen-bond acceptors (Lipinski definition) is 2. The van der Waals surface area contributed by atoms with E-state index in [0.29, 0.717) is 11.7 Å². The highest BCUT2D eigenvalue weighted by Crippen LogP contribution is 2.30. The summed E-state index contributed by atoms with van der Waals surface area (Å²) in [5.41, 5.74) is 7.16. The molecule has 0 unspecified atom stereocenters. The Kier molecular flexibility index (Phi) is 3.87. The summed E-state index contributed by atoms with van der Waals surface area (Å²) in [6, 6.07) is 5.05. The number of hydrogen-bond donors (Lipinski definition) is 2. The molecule has 0 spiro atoms. The molecule has 0 radical (unpaired) electrons. The van der Waals surface area contributed by atoms with Crippen LogP contribution in [0.3, 0.4) is 0 Å². The molecule has 1 aromatic carbocycles. The molecular formula is C14H21FN2. The van der Waals surface area contributed by atoms with E-state index < -0.39 is 0 Å². The molecule has 1 fully saturated rings. The lowest BCUT2D eigenvalue weighted by molar-refractivity contribution is 0.330. The van der Waals surface area contributed by atoms with E-state index in [0.717, 1.165) is 11.6 Å². The molecule has 0 atom stereocenters. The Bertz CT molecular complexity index is 370. The van der Waals surface area contributed by atoms with Crippen molar-refractivity contribution in [3.8, 4) is 0 Å². The quantitative estimate of drug-likeness (QED) is 0.784. The van der Waals surface area contributed by atoms with Crippen LogP contribution in [0.2, 0.25) is 0 Å². The highest BCUT2D eigenvalue weighted by atomic mass is 19.1. The van der Waals surface area contributed by atoms with Gasteiger partial charge in [0, 0.05) is 6.04 Å².